The summed E-state index contributed by atoms with van der Waals surface area (Å²) in [6.07, 6.45) is 1.70. The number of rotatable bonds is 7. The van der Waals surface area contributed by atoms with Gasteiger partial charge in [0.05, 0.1) is 12.3 Å². The maximum Gasteiger partial charge on any atom is 0.251 e. The molecule has 0 radical (unpaired) electrons. The minimum absolute atomic E-state index is 0.140. The fraction of sp³-hybridized carbons (Fsp3) is 0.190. The number of carbonyl (C=O) groups is 1. The summed E-state index contributed by atoms with van der Waals surface area (Å²) in [4.78, 5) is 20.9. The number of benzene rings is 2. The van der Waals surface area contributed by atoms with Gasteiger partial charge in [-0.05, 0) is 48.9 Å². The predicted octanol–water partition coefficient (Wildman–Crippen LogP) is 3.15. The van der Waals surface area contributed by atoms with E-state index in [0.29, 0.717) is 24.7 Å². The molecule has 7 heteroatoms. The SMILES string of the molecule is COCCNC(=O)c1ccc(Nc2nccc(-c3cccc(N)c3C)n2)cc1. The fourth-order valence-corrected chi connectivity index (χ4v) is 2.70. The van der Waals surface area contributed by atoms with E-state index in [4.69, 9.17) is 10.5 Å². The van der Waals surface area contributed by atoms with Crippen molar-refractivity contribution in [1.29, 1.82) is 0 Å². The largest absolute Gasteiger partial charge is 0.398 e. The Morgan fingerprint density at radius 1 is 1.14 bits per heavy atom. The number of hydrogen-bond acceptors (Lipinski definition) is 6. The second kappa shape index (κ2) is 8.96. The summed E-state index contributed by atoms with van der Waals surface area (Å²) in [5, 5.41) is 5.95. The zero-order valence-electron chi connectivity index (χ0n) is 15.9. The molecule has 144 valence electrons. The summed E-state index contributed by atoms with van der Waals surface area (Å²) in [5.74, 6) is 0.329. The lowest BCUT2D eigenvalue weighted by Gasteiger charge is -2.10. The lowest BCUT2D eigenvalue weighted by Crippen LogP contribution is -2.26. The molecule has 0 aliphatic heterocycles. The molecule has 0 spiro atoms. The van der Waals surface area contributed by atoms with E-state index >= 15 is 0 Å². The molecule has 3 rings (SSSR count). The topological polar surface area (TPSA) is 102 Å². The lowest BCUT2D eigenvalue weighted by molar-refractivity contribution is 0.0937. The molecule has 0 fully saturated rings. The monoisotopic (exact) mass is 377 g/mol. The molecule has 4 N–H and O–H groups in total. The van der Waals surface area contributed by atoms with Gasteiger partial charge in [-0.1, -0.05) is 12.1 Å². The highest BCUT2D eigenvalue weighted by atomic mass is 16.5. The van der Waals surface area contributed by atoms with Crippen LogP contribution in [0, 0.1) is 6.92 Å². The van der Waals surface area contributed by atoms with Gasteiger partial charge in [0.2, 0.25) is 5.95 Å². The van der Waals surface area contributed by atoms with Crippen LogP contribution in [0.15, 0.2) is 54.7 Å². The van der Waals surface area contributed by atoms with Gasteiger partial charge in [-0.25, -0.2) is 9.97 Å². The molecule has 0 atom stereocenters. The van der Waals surface area contributed by atoms with Crippen LogP contribution in [0.2, 0.25) is 0 Å². The second-order valence-electron chi connectivity index (χ2n) is 6.24. The maximum absolute atomic E-state index is 12.0. The molecule has 0 aliphatic carbocycles. The van der Waals surface area contributed by atoms with Crippen molar-refractivity contribution in [1.82, 2.24) is 15.3 Å². The summed E-state index contributed by atoms with van der Waals surface area (Å²) >= 11 is 0. The van der Waals surface area contributed by atoms with Crippen LogP contribution in [0.4, 0.5) is 17.3 Å². The number of methoxy groups -OCH3 is 1. The molecule has 1 amide bonds. The van der Waals surface area contributed by atoms with Crippen molar-refractivity contribution in [3.05, 3.63) is 65.9 Å². The molecule has 2 aromatic carbocycles. The first-order valence-corrected chi connectivity index (χ1v) is 8.91. The molecular weight excluding hydrogens is 354 g/mol. The zero-order valence-corrected chi connectivity index (χ0v) is 15.9. The van der Waals surface area contributed by atoms with Crippen LogP contribution in [-0.2, 0) is 4.74 Å². The number of ether oxygens (including phenoxy) is 1. The first kappa shape index (κ1) is 19.3. The maximum atomic E-state index is 12.0. The highest BCUT2D eigenvalue weighted by Gasteiger charge is 2.08. The third-order valence-electron chi connectivity index (χ3n) is 4.30. The predicted molar refractivity (Wildman–Crippen MR) is 111 cm³/mol. The highest BCUT2D eigenvalue weighted by molar-refractivity contribution is 5.94. The van der Waals surface area contributed by atoms with Crippen molar-refractivity contribution in [2.45, 2.75) is 6.92 Å². The molecule has 0 aliphatic rings. The van der Waals surface area contributed by atoms with Gasteiger partial charge in [0, 0.05) is 42.4 Å². The summed E-state index contributed by atoms with van der Waals surface area (Å²) in [5.41, 5.74) is 10.8. The van der Waals surface area contributed by atoms with Crippen LogP contribution in [0.25, 0.3) is 11.3 Å². The summed E-state index contributed by atoms with van der Waals surface area (Å²) in [6.45, 7) is 2.92. The van der Waals surface area contributed by atoms with E-state index in [1.807, 2.05) is 43.3 Å². The van der Waals surface area contributed by atoms with Crippen LogP contribution in [0.1, 0.15) is 15.9 Å². The van der Waals surface area contributed by atoms with Crippen molar-refractivity contribution in [2.75, 3.05) is 31.3 Å². The van der Waals surface area contributed by atoms with Crippen molar-refractivity contribution in [3.8, 4) is 11.3 Å². The van der Waals surface area contributed by atoms with Gasteiger partial charge in [0.25, 0.3) is 5.91 Å². The molecule has 1 heterocycles. The zero-order chi connectivity index (χ0) is 19.9. The first-order chi connectivity index (χ1) is 13.6. The molecule has 3 aromatic rings. The number of carbonyl (C=O) groups excluding carboxylic acids is 1. The second-order valence-corrected chi connectivity index (χ2v) is 6.24. The van der Waals surface area contributed by atoms with Gasteiger partial charge in [-0.15, -0.1) is 0 Å². The Labute approximate surface area is 164 Å². The number of anilines is 3. The van der Waals surface area contributed by atoms with Gasteiger partial charge in [-0.3, -0.25) is 4.79 Å². The standard InChI is InChI=1S/C21H23N5O2/c1-14-17(4-3-5-18(14)22)19-10-11-24-21(26-19)25-16-8-6-15(7-9-16)20(27)23-12-13-28-2/h3-11H,12-13,22H2,1-2H3,(H,23,27)(H,24,25,26). The Morgan fingerprint density at radius 2 is 1.93 bits per heavy atom. The highest BCUT2D eigenvalue weighted by Crippen LogP contribution is 2.26. The minimum atomic E-state index is -0.140. The normalized spacial score (nSPS) is 10.5. The van der Waals surface area contributed by atoms with E-state index in [2.05, 4.69) is 20.6 Å². The van der Waals surface area contributed by atoms with Gasteiger partial charge >= 0.3 is 0 Å². The van der Waals surface area contributed by atoms with E-state index in [1.54, 1.807) is 25.4 Å². The number of nitrogens with zero attached hydrogens (tertiary/aromatic N) is 2. The number of nitrogens with one attached hydrogen (secondary N) is 2. The van der Waals surface area contributed by atoms with E-state index in [1.165, 1.54) is 0 Å². The Hall–Kier alpha value is -3.45. The van der Waals surface area contributed by atoms with Crippen molar-refractivity contribution < 1.29 is 9.53 Å². The van der Waals surface area contributed by atoms with Gasteiger partial charge in [0.1, 0.15) is 0 Å². The lowest BCUT2D eigenvalue weighted by atomic mass is 10.0. The van der Waals surface area contributed by atoms with Crippen LogP contribution in [0.5, 0.6) is 0 Å². The van der Waals surface area contributed by atoms with E-state index in [-0.39, 0.29) is 5.91 Å². The first-order valence-electron chi connectivity index (χ1n) is 8.91. The smallest absolute Gasteiger partial charge is 0.251 e. The minimum Gasteiger partial charge on any atom is -0.398 e. The number of nitrogens with two attached hydrogens (primary N) is 1. The molecule has 0 unspecified atom stereocenters. The van der Waals surface area contributed by atoms with Crippen molar-refractivity contribution in [2.24, 2.45) is 0 Å². The molecular formula is C21H23N5O2. The Bertz CT molecular complexity index is 957. The van der Waals surface area contributed by atoms with Gasteiger partial charge < -0.3 is 21.1 Å². The Kier molecular flexibility index (Phi) is 6.18. The molecule has 7 nitrogen and oxygen atoms in total. The average Bonchev–Trinajstić information content (AvgIpc) is 2.71. The Balaban J connectivity index is 1.72. The van der Waals surface area contributed by atoms with Crippen molar-refractivity contribution in [3.63, 3.8) is 0 Å². The quantitative estimate of drug-likeness (QED) is 0.432. The summed E-state index contributed by atoms with van der Waals surface area (Å²) in [7, 11) is 1.59. The molecule has 0 saturated carbocycles. The molecule has 28 heavy (non-hydrogen) atoms. The molecule has 0 bridgehead atoms. The third-order valence-corrected chi connectivity index (χ3v) is 4.30. The number of amides is 1. The van der Waals surface area contributed by atoms with Crippen LogP contribution >= 0.6 is 0 Å². The van der Waals surface area contributed by atoms with Crippen LogP contribution < -0.4 is 16.4 Å². The van der Waals surface area contributed by atoms with E-state index in [0.717, 1.165) is 28.2 Å². The number of aromatic nitrogens is 2. The van der Waals surface area contributed by atoms with Crippen LogP contribution in [-0.4, -0.2) is 36.1 Å². The third kappa shape index (κ3) is 4.63. The fourth-order valence-electron chi connectivity index (χ4n) is 2.70. The van der Waals surface area contributed by atoms with E-state index in [9.17, 15) is 4.79 Å². The number of nitrogen functional groups attached to an aromatic ring is 1. The molecule has 1 aromatic heterocycles. The van der Waals surface area contributed by atoms with E-state index < -0.39 is 0 Å². The Morgan fingerprint density at radius 3 is 2.68 bits per heavy atom. The van der Waals surface area contributed by atoms with Crippen molar-refractivity contribution >= 4 is 23.2 Å². The average molecular weight is 377 g/mol. The summed E-state index contributed by atoms with van der Waals surface area (Å²) in [6, 6.07) is 14.7. The van der Waals surface area contributed by atoms with Gasteiger partial charge in [-0.2, -0.15) is 0 Å². The van der Waals surface area contributed by atoms with Crippen LogP contribution in [0.3, 0.4) is 0 Å². The van der Waals surface area contributed by atoms with Gasteiger partial charge in [0.15, 0.2) is 0 Å². The molecule has 0 saturated heterocycles. The summed E-state index contributed by atoms with van der Waals surface area (Å²) < 4.78 is 4.92. The number of hydrogen-bond donors (Lipinski definition) is 3.